The Balaban J connectivity index is 1.60. The highest BCUT2D eigenvalue weighted by molar-refractivity contribution is 6.31. The van der Waals surface area contributed by atoms with Crippen molar-refractivity contribution in [1.82, 2.24) is 4.90 Å². The summed E-state index contributed by atoms with van der Waals surface area (Å²) in [4.78, 5) is 27.1. The van der Waals surface area contributed by atoms with Crippen LogP contribution in [0.25, 0.3) is 0 Å². The van der Waals surface area contributed by atoms with Gasteiger partial charge in [0.15, 0.2) is 0 Å². The van der Waals surface area contributed by atoms with Crippen LogP contribution >= 0.6 is 11.6 Å². The van der Waals surface area contributed by atoms with Gasteiger partial charge in [-0.1, -0.05) is 35.9 Å². The Hall–Kier alpha value is -2.33. The Morgan fingerprint density at radius 1 is 1.04 bits per heavy atom. The van der Waals surface area contributed by atoms with Crippen molar-refractivity contribution in [2.24, 2.45) is 5.92 Å². The molecule has 4 nitrogen and oxygen atoms in total. The summed E-state index contributed by atoms with van der Waals surface area (Å²) >= 11 is 6.11. The Bertz CT molecular complexity index is 827. The van der Waals surface area contributed by atoms with E-state index in [4.69, 9.17) is 11.6 Å². The van der Waals surface area contributed by atoms with Crippen molar-refractivity contribution in [3.05, 3.63) is 64.2 Å². The Kier molecular flexibility index (Phi) is 5.62. The smallest absolute Gasteiger partial charge is 0.254 e. The molecule has 1 aliphatic heterocycles. The number of anilines is 1. The van der Waals surface area contributed by atoms with E-state index in [1.54, 1.807) is 0 Å². The first-order valence-corrected chi connectivity index (χ1v) is 9.26. The van der Waals surface area contributed by atoms with Gasteiger partial charge in [-0.15, -0.1) is 0 Å². The maximum absolute atomic E-state index is 12.7. The minimum absolute atomic E-state index is 0.00152. The van der Waals surface area contributed by atoms with Gasteiger partial charge in [-0.25, -0.2) is 0 Å². The second kappa shape index (κ2) is 7.92. The summed E-state index contributed by atoms with van der Waals surface area (Å²) in [6, 6.07) is 13.1. The van der Waals surface area contributed by atoms with Crippen molar-refractivity contribution in [2.75, 3.05) is 18.4 Å². The largest absolute Gasteiger partial charge is 0.339 e. The average molecular weight is 371 g/mol. The number of nitrogens with one attached hydrogen (secondary N) is 1. The fraction of sp³-hybridized carbons (Fsp3) is 0.333. The number of hydrogen-bond donors (Lipinski definition) is 1. The van der Waals surface area contributed by atoms with Gasteiger partial charge in [0, 0.05) is 35.3 Å². The van der Waals surface area contributed by atoms with Crippen molar-refractivity contribution < 1.29 is 9.59 Å². The number of likely N-dealkylation sites (tertiary alicyclic amines) is 1. The first kappa shape index (κ1) is 18.5. The van der Waals surface area contributed by atoms with Gasteiger partial charge in [0.1, 0.15) is 0 Å². The van der Waals surface area contributed by atoms with Crippen molar-refractivity contribution in [3.63, 3.8) is 0 Å². The van der Waals surface area contributed by atoms with E-state index in [1.807, 2.05) is 61.2 Å². The van der Waals surface area contributed by atoms with Crippen LogP contribution in [0.15, 0.2) is 42.5 Å². The molecule has 0 aliphatic carbocycles. The lowest BCUT2D eigenvalue weighted by Gasteiger charge is -2.31. The van der Waals surface area contributed by atoms with Gasteiger partial charge in [0.2, 0.25) is 5.91 Å². The van der Waals surface area contributed by atoms with Gasteiger partial charge in [-0.05, 0) is 56.0 Å². The molecule has 0 unspecified atom stereocenters. The van der Waals surface area contributed by atoms with E-state index in [1.165, 1.54) is 0 Å². The Labute approximate surface area is 159 Å². The zero-order chi connectivity index (χ0) is 18.7. The summed E-state index contributed by atoms with van der Waals surface area (Å²) in [5.41, 5.74) is 3.34. The number of piperidine rings is 1. The number of amides is 2. The number of benzene rings is 2. The van der Waals surface area contributed by atoms with Gasteiger partial charge < -0.3 is 10.2 Å². The summed E-state index contributed by atoms with van der Waals surface area (Å²) in [6.07, 6.45) is 1.34. The van der Waals surface area contributed by atoms with Crippen molar-refractivity contribution >= 4 is 29.1 Å². The SMILES string of the molecule is Cc1ccccc1C(=O)N1CCC(C(=O)Nc2cccc(Cl)c2C)CC1. The molecular formula is C21H23ClN2O2. The van der Waals surface area contributed by atoms with E-state index >= 15 is 0 Å². The predicted octanol–water partition coefficient (Wildman–Crippen LogP) is 4.45. The molecule has 1 N–H and O–H groups in total. The fourth-order valence-electron chi connectivity index (χ4n) is 3.31. The normalized spacial score (nSPS) is 15.0. The first-order valence-electron chi connectivity index (χ1n) is 8.88. The molecule has 0 saturated carbocycles. The summed E-state index contributed by atoms with van der Waals surface area (Å²) in [5, 5.41) is 3.62. The van der Waals surface area contributed by atoms with E-state index < -0.39 is 0 Å². The molecule has 0 bridgehead atoms. The molecule has 2 aromatic rings. The number of carbonyl (C=O) groups is 2. The van der Waals surface area contributed by atoms with Crippen molar-refractivity contribution in [3.8, 4) is 0 Å². The molecule has 1 saturated heterocycles. The quantitative estimate of drug-likeness (QED) is 0.867. The minimum atomic E-state index is -0.0886. The number of rotatable bonds is 3. The Morgan fingerprint density at radius 3 is 2.42 bits per heavy atom. The summed E-state index contributed by atoms with van der Waals surface area (Å²) in [5.74, 6) is -0.0414. The highest BCUT2D eigenvalue weighted by Gasteiger charge is 2.28. The van der Waals surface area contributed by atoms with Crippen LogP contribution in [0, 0.1) is 19.8 Å². The average Bonchev–Trinajstić information content (AvgIpc) is 2.65. The number of hydrogen-bond acceptors (Lipinski definition) is 2. The van der Waals surface area contributed by atoms with Gasteiger partial charge in [-0.2, -0.15) is 0 Å². The van der Waals surface area contributed by atoms with Gasteiger partial charge in [0.05, 0.1) is 0 Å². The third-order valence-electron chi connectivity index (χ3n) is 5.05. The molecule has 0 radical (unpaired) electrons. The molecular weight excluding hydrogens is 348 g/mol. The topological polar surface area (TPSA) is 49.4 Å². The highest BCUT2D eigenvalue weighted by atomic mass is 35.5. The third kappa shape index (κ3) is 3.91. The van der Waals surface area contributed by atoms with Crippen LogP contribution in [0.1, 0.15) is 34.3 Å². The molecule has 0 aromatic heterocycles. The monoisotopic (exact) mass is 370 g/mol. The van der Waals surface area contributed by atoms with Crippen LogP contribution in [-0.2, 0) is 4.79 Å². The maximum atomic E-state index is 12.7. The summed E-state index contributed by atoms with van der Waals surface area (Å²) in [7, 11) is 0. The van der Waals surface area contributed by atoms with Gasteiger partial charge >= 0.3 is 0 Å². The predicted molar refractivity (Wildman–Crippen MR) is 105 cm³/mol. The van der Waals surface area contributed by atoms with Crippen LogP contribution in [0.2, 0.25) is 5.02 Å². The highest BCUT2D eigenvalue weighted by Crippen LogP contribution is 2.26. The Morgan fingerprint density at radius 2 is 1.73 bits per heavy atom. The summed E-state index contributed by atoms with van der Waals surface area (Å²) < 4.78 is 0. The lowest BCUT2D eigenvalue weighted by molar-refractivity contribution is -0.121. The molecule has 5 heteroatoms. The minimum Gasteiger partial charge on any atom is -0.339 e. The second-order valence-electron chi connectivity index (χ2n) is 6.78. The number of carbonyl (C=O) groups excluding carboxylic acids is 2. The van der Waals surface area contributed by atoms with Crippen molar-refractivity contribution in [2.45, 2.75) is 26.7 Å². The van der Waals surface area contributed by atoms with Crippen molar-refractivity contribution in [1.29, 1.82) is 0 Å². The van der Waals surface area contributed by atoms with E-state index in [0.717, 1.165) is 22.4 Å². The molecule has 2 aromatic carbocycles. The molecule has 0 atom stereocenters. The van der Waals surface area contributed by atoms with Gasteiger partial charge in [-0.3, -0.25) is 9.59 Å². The van der Waals surface area contributed by atoms with Crippen LogP contribution < -0.4 is 5.32 Å². The van der Waals surface area contributed by atoms with E-state index in [2.05, 4.69) is 5.32 Å². The van der Waals surface area contributed by atoms with Gasteiger partial charge in [0.25, 0.3) is 5.91 Å². The molecule has 1 fully saturated rings. The molecule has 2 amide bonds. The van der Waals surface area contributed by atoms with E-state index in [-0.39, 0.29) is 17.7 Å². The molecule has 0 spiro atoms. The molecule has 26 heavy (non-hydrogen) atoms. The zero-order valence-corrected chi connectivity index (χ0v) is 15.8. The van der Waals surface area contributed by atoms with Crippen LogP contribution in [0.3, 0.4) is 0 Å². The van der Waals surface area contributed by atoms with Crippen LogP contribution in [0.4, 0.5) is 5.69 Å². The van der Waals surface area contributed by atoms with Crippen LogP contribution in [0.5, 0.6) is 0 Å². The molecule has 3 rings (SSSR count). The molecule has 1 aliphatic rings. The molecule has 1 heterocycles. The number of nitrogens with zero attached hydrogens (tertiary/aromatic N) is 1. The standard InChI is InChI=1S/C21H23ClN2O2/c1-14-6-3-4-7-17(14)21(26)24-12-10-16(11-13-24)20(25)23-19-9-5-8-18(22)15(19)2/h3-9,16H,10-13H2,1-2H3,(H,23,25). The maximum Gasteiger partial charge on any atom is 0.254 e. The number of halogens is 1. The van der Waals surface area contributed by atoms with E-state index in [9.17, 15) is 9.59 Å². The lowest BCUT2D eigenvalue weighted by Crippen LogP contribution is -2.41. The summed E-state index contributed by atoms with van der Waals surface area (Å²) in [6.45, 7) is 5.03. The third-order valence-corrected chi connectivity index (χ3v) is 5.46. The fourth-order valence-corrected chi connectivity index (χ4v) is 3.48. The van der Waals surface area contributed by atoms with E-state index in [0.29, 0.717) is 31.0 Å². The number of aryl methyl sites for hydroxylation is 1. The molecule has 136 valence electrons. The lowest BCUT2D eigenvalue weighted by atomic mass is 9.94. The van der Waals surface area contributed by atoms with Crippen LogP contribution in [-0.4, -0.2) is 29.8 Å². The zero-order valence-electron chi connectivity index (χ0n) is 15.1. The first-order chi connectivity index (χ1) is 12.5. The second-order valence-corrected chi connectivity index (χ2v) is 7.19.